The molecule has 3 rings (SSSR count). The molecule has 0 fully saturated rings. The van der Waals surface area contributed by atoms with E-state index in [1.165, 1.54) is 10.9 Å². The van der Waals surface area contributed by atoms with Crippen molar-refractivity contribution < 1.29 is 0 Å². The number of benzene rings is 1. The summed E-state index contributed by atoms with van der Waals surface area (Å²) in [4.78, 5) is 0. The van der Waals surface area contributed by atoms with Gasteiger partial charge in [-0.2, -0.15) is 5.10 Å². The van der Waals surface area contributed by atoms with E-state index in [9.17, 15) is 0 Å². The van der Waals surface area contributed by atoms with Crippen LogP contribution in [0.3, 0.4) is 0 Å². The maximum atomic E-state index is 6.31. The van der Waals surface area contributed by atoms with Gasteiger partial charge in [-0.05, 0) is 24.6 Å². The first-order valence-corrected chi connectivity index (χ1v) is 6.94. The fraction of sp³-hybridized carbons (Fsp3) is 0.267. The third kappa shape index (κ3) is 2.01. The molecule has 0 aliphatic rings. The normalized spacial score (nSPS) is 11.4. The zero-order chi connectivity index (χ0) is 14.3. The first-order chi connectivity index (χ1) is 9.61. The Kier molecular flexibility index (Phi) is 3.28. The van der Waals surface area contributed by atoms with Crippen LogP contribution in [0.25, 0.3) is 10.9 Å². The summed E-state index contributed by atoms with van der Waals surface area (Å²) in [6.45, 7) is 3.25. The van der Waals surface area contributed by atoms with E-state index in [4.69, 9.17) is 17.3 Å². The van der Waals surface area contributed by atoms with Gasteiger partial charge in [-0.15, -0.1) is 0 Å². The van der Waals surface area contributed by atoms with Crippen LogP contribution < -0.4 is 5.73 Å². The molecule has 3 aromatic rings. The summed E-state index contributed by atoms with van der Waals surface area (Å²) in [7, 11) is 1.86. The van der Waals surface area contributed by atoms with Crippen LogP contribution in [0, 0.1) is 6.92 Å². The number of aryl methyl sites for hydroxylation is 2. The molecule has 0 bridgehead atoms. The van der Waals surface area contributed by atoms with Crippen LogP contribution in [0.5, 0.6) is 0 Å². The molecule has 5 heteroatoms. The average Bonchev–Trinajstić information content (AvgIpc) is 2.96. The zero-order valence-electron chi connectivity index (χ0n) is 11.6. The van der Waals surface area contributed by atoms with E-state index in [-0.39, 0.29) is 0 Å². The van der Waals surface area contributed by atoms with Crippen molar-refractivity contribution in [2.75, 3.05) is 0 Å². The molecule has 0 radical (unpaired) electrons. The summed E-state index contributed by atoms with van der Waals surface area (Å²) < 4.78 is 3.90. The Labute approximate surface area is 122 Å². The number of nitrogens with two attached hydrogens (primary N) is 1. The summed E-state index contributed by atoms with van der Waals surface area (Å²) in [5.74, 6) is 0. The highest BCUT2D eigenvalue weighted by Crippen LogP contribution is 2.24. The quantitative estimate of drug-likeness (QED) is 0.806. The van der Waals surface area contributed by atoms with Crippen molar-refractivity contribution in [3.05, 3.63) is 52.4 Å². The number of aromatic nitrogens is 3. The Hall–Kier alpha value is -1.78. The van der Waals surface area contributed by atoms with Gasteiger partial charge in [-0.1, -0.05) is 23.7 Å². The number of nitrogens with zero attached hydrogens (tertiary/aromatic N) is 3. The van der Waals surface area contributed by atoms with E-state index in [2.05, 4.69) is 34.1 Å². The molecular weight excluding hydrogens is 272 g/mol. The minimum Gasteiger partial charge on any atom is -0.343 e. The lowest BCUT2D eigenvalue weighted by atomic mass is 10.1. The minimum absolute atomic E-state index is 0.550. The standard InChI is InChI=1S/C15H17ClN4/c1-10-13(15(16)19(2)18-10)9-20-7-6-12-11(8-17)4-3-5-14(12)20/h3-7H,8-9,17H2,1-2H3. The second-order valence-electron chi connectivity index (χ2n) is 4.98. The van der Waals surface area contributed by atoms with Gasteiger partial charge < -0.3 is 10.3 Å². The van der Waals surface area contributed by atoms with Gasteiger partial charge in [0.05, 0.1) is 12.2 Å². The Morgan fingerprint density at radius 3 is 2.75 bits per heavy atom. The molecule has 0 amide bonds. The van der Waals surface area contributed by atoms with E-state index in [1.54, 1.807) is 4.68 Å². The third-order valence-electron chi connectivity index (χ3n) is 3.72. The molecule has 20 heavy (non-hydrogen) atoms. The number of rotatable bonds is 3. The SMILES string of the molecule is Cc1nn(C)c(Cl)c1Cn1ccc2c(CN)cccc21. The van der Waals surface area contributed by atoms with Gasteiger partial charge in [0.2, 0.25) is 0 Å². The van der Waals surface area contributed by atoms with E-state index < -0.39 is 0 Å². The molecule has 0 saturated heterocycles. The fourth-order valence-electron chi connectivity index (χ4n) is 2.63. The summed E-state index contributed by atoms with van der Waals surface area (Å²) in [5, 5.41) is 6.25. The van der Waals surface area contributed by atoms with Crippen molar-refractivity contribution >= 4 is 22.5 Å². The van der Waals surface area contributed by atoms with Crippen LogP contribution in [-0.2, 0) is 20.1 Å². The van der Waals surface area contributed by atoms with Crippen LogP contribution in [0.2, 0.25) is 5.15 Å². The van der Waals surface area contributed by atoms with Crippen LogP contribution >= 0.6 is 11.6 Å². The third-order valence-corrected chi connectivity index (χ3v) is 4.19. The Morgan fingerprint density at radius 1 is 1.30 bits per heavy atom. The maximum Gasteiger partial charge on any atom is 0.131 e. The number of hydrogen-bond acceptors (Lipinski definition) is 2. The van der Waals surface area contributed by atoms with Crippen molar-refractivity contribution in [3.63, 3.8) is 0 Å². The molecule has 0 spiro atoms. The summed E-state index contributed by atoms with van der Waals surface area (Å²) in [6, 6.07) is 8.32. The van der Waals surface area contributed by atoms with E-state index in [0.29, 0.717) is 11.7 Å². The molecule has 104 valence electrons. The summed E-state index contributed by atoms with van der Waals surface area (Å²) in [6.07, 6.45) is 2.08. The van der Waals surface area contributed by atoms with Gasteiger partial charge in [0.25, 0.3) is 0 Å². The highest BCUT2D eigenvalue weighted by Gasteiger charge is 2.13. The number of hydrogen-bond donors (Lipinski definition) is 1. The maximum absolute atomic E-state index is 6.31. The van der Waals surface area contributed by atoms with Crippen LogP contribution in [0.15, 0.2) is 30.5 Å². The van der Waals surface area contributed by atoms with Crippen LogP contribution in [0.4, 0.5) is 0 Å². The highest BCUT2D eigenvalue weighted by molar-refractivity contribution is 6.30. The Balaban J connectivity index is 2.07. The molecule has 0 aliphatic heterocycles. The van der Waals surface area contributed by atoms with Crippen molar-refractivity contribution in [1.29, 1.82) is 0 Å². The Bertz CT molecular complexity index is 770. The first kappa shape index (κ1) is 13.2. The van der Waals surface area contributed by atoms with Gasteiger partial charge in [-0.3, -0.25) is 4.68 Å². The lowest BCUT2D eigenvalue weighted by Gasteiger charge is -2.07. The monoisotopic (exact) mass is 288 g/mol. The van der Waals surface area contributed by atoms with Gasteiger partial charge in [0, 0.05) is 36.3 Å². The minimum atomic E-state index is 0.550. The van der Waals surface area contributed by atoms with Gasteiger partial charge >= 0.3 is 0 Å². The topological polar surface area (TPSA) is 48.8 Å². The second kappa shape index (κ2) is 4.96. The molecule has 0 atom stereocenters. The van der Waals surface area contributed by atoms with Crippen molar-refractivity contribution in [2.24, 2.45) is 12.8 Å². The molecule has 0 saturated carbocycles. The average molecular weight is 289 g/mol. The summed E-state index contributed by atoms with van der Waals surface area (Å²) in [5.41, 5.74) is 10.1. The zero-order valence-corrected chi connectivity index (χ0v) is 12.4. The van der Waals surface area contributed by atoms with Crippen molar-refractivity contribution in [3.8, 4) is 0 Å². The molecule has 2 N–H and O–H groups in total. The smallest absolute Gasteiger partial charge is 0.131 e. The molecule has 0 aliphatic carbocycles. The predicted octanol–water partition coefficient (Wildman–Crippen LogP) is 2.84. The lowest BCUT2D eigenvalue weighted by Crippen LogP contribution is -2.00. The molecule has 4 nitrogen and oxygen atoms in total. The van der Waals surface area contributed by atoms with Crippen molar-refractivity contribution in [2.45, 2.75) is 20.0 Å². The fourth-order valence-corrected chi connectivity index (χ4v) is 2.86. The first-order valence-electron chi connectivity index (χ1n) is 6.56. The van der Waals surface area contributed by atoms with Gasteiger partial charge in [0.15, 0.2) is 0 Å². The van der Waals surface area contributed by atoms with Crippen molar-refractivity contribution in [1.82, 2.24) is 14.3 Å². The predicted molar refractivity (Wildman–Crippen MR) is 81.9 cm³/mol. The molecule has 0 unspecified atom stereocenters. The second-order valence-corrected chi connectivity index (χ2v) is 5.33. The molecule has 2 heterocycles. The summed E-state index contributed by atoms with van der Waals surface area (Å²) >= 11 is 6.31. The molecule has 2 aromatic heterocycles. The van der Waals surface area contributed by atoms with Gasteiger partial charge in [-0.25, -0.2) is 0 Å². The Morgan fingerprint density at radius 2 is 2.10 bits per heavy atom. The number of halogens is 1. The highest BCUT2D eigenvalue weighted by atomic mass is 35.5. The molecule has 1 aromatic carbocycles. The van der Waals surface area contributed by atoms with Crippen LogP contribution in [0.1, 0.15) is 16.8 Å². The lowest BCUT2D eigenvalue weighted by molar-refractivity contribution is 0.757. The number of fused-ring (bicyclic) bond motifs is 1. The molecular formula is C15H17ClN4. The van der Waals surface area contributed by atoms with Crippen LogP contribution in [-0.4, -0.2) is 14.3 Å². The van der Waals surface area contributed by atoms with E-state index in [0.717, 1.165) is 23.4 Å². The largest absolute Gasteiger partial charge is 0.343 e. The van der Waals surface area contributed by atoms with Gasteiger partial charge in [0.1, 0.15) is 5.15 Å². The van der Waals surface area contributed by atoms with E-state index >= 15 is 0 Å². The van der Waals surface area contributed by atoms with E-state index in [1.807, 2.05) is 20.0 Å².